The van der Waals surface area contributed by atoms with Crippen molar-refractivity contribution in [3.05, 3.63) is 70.2 Å². The van der Waals surface area contributed by atoms with Gasteiger partial charge in [0.15, 0.2) is 0 Å². The molecule has 3 rings (SSSR count). The quantitative estimate of drug-likeness (QED) is 0.561. The lowest BCUT2D eigenvalue weighted by Gasteiger charge is -2.19. The number of hydrogen-bond donors (Lipinski definition) is 0. The molecule has 0 radical (unpaired) electrons. The third kappa shape index (κ3) is 3.87. The van der Waals surface area contributed by atoms with Gasteiger partial charge in [-0.1, -0.05) is 64.5 Å². The molecule has 0 aromatic heterocycles. The molecular weight excluding hydrogens is 366 g/mol. The van der Waals surface area contributed by atoms with Gasteiger partial charge in [0.05, 0.1) is 6.04 Å². The third-order valence-electron chi connectivity index (χ3n) is 4.00. The number of hydrogen-bond acceptors (Lipinski definition) is 3. The van der Waals surface area contributed by atoms with Crippen molar-refractivity contribution < 1.29 is 9.53 Å². The standard InChI is InChI=1S/C20H22BrNO2/c1-20(2,3)24-19(23)18-17(15-11-7-8-12-16(15)21)22(18)13-14-9-5-4-6-10-14/h4-12,17-18H,13H2,1-3H3. The van der Waals surface area contributed by atoms with Crippen molar-refractivity contribution in [1.29, 1.82) is 0 Å². The molecule has 1 aliphatic rings. The highest BCUT2D eigenvalue weighted by Crippen LogP contribution is 2.47. The normalized spacial score (nSPS) is 22.9. The maximum atomic E-state index is 12.6. The number of esters is 1. The molecule has 2 aromatic rings. The molecule has 3 atom stereocenters. The van der Waals surface area contributed by atoms with E-state index in [-0.39, 0.29) is 18.1 Å². The second-order valence-electron chi connectivity index (χ2n) is 7.10. The van der Waals surface area contributed by atoms with Gasteiger partial charge in [0.25, 0.3) is 0 Å². The van der Waals surface area contributed by atoms with Gasteiger partial charge in [0.2, 0.25) is 0 Å². The average Bonchev–Trinajstić information content (AvgIpc) is 3.21. The molecule has 2 aromatic carbocycles. The zero-order valence-electron chi connectivity index (χ0n) is 14.2. The predicted octanol–water partition coefficient (Wildman–Crippen LogP) is 4.72. The summed E-state index contributed by atoms with van der Waals surface area (Å²) in [6, 6.07) is 18.1. The molecule has 24 heavy (non-hydrogen) atoms. The summed E-state index contributed by atoms with van der Waals surface area (Å²) < 4.78 is 6.65. The summed E-state index contributed by atoms with van der Waals surface area (Å²) in [6.45, 7) is 6.45. The highest BCUT2D eigenvalue weighted by Gasteiger charge is 2.55. The molecule has 1 aliphatic heterocycles. The molecule has 1 heterocycles. The first-order chi connectivity index (χ1) is 11.4. The molecule has 0 N–H and O–H groups in total. The van der Waals surface area contributed by atoms with E-state index in [1.165, 1.54) is 5.56 Å². The summed E-state index contributed by atoms with van der Waals surface area (Å²) in [5.41, 5.74) is 1.85. The van der Waals surface area contributed by atoms with Crippen LogP contribution in [0.2, 0.25) is 0 Å². The zero-order valence-corrected chi connectivity index (χ0v) is 15.8. The number of rotatable bonds is 4. The summed E-state index contributed by atoms with van der Waals surface area (Å²) in [5, 5.41) is 0. The minimum atomic E-state index is -0.476. The first-order valence-electron chi connectivity index (χ1n) is 8.14. The van der Waals surface area contributed by atoms with Crippen LogP contribution in [0.25, 0.3) is 0 Å². The van der Waals surface area contributed by atoms with Gasteiger partial charge in [-0.05, 0) is 38.0 Å². The summed E-state index contributed by atoms with van der Waals surface area (Å²) in [7, 11) is 0. The Bertz CT molecular complexity index is 724. The molecule has 3 unspecified atom stereocenters. The van der Waals surface area contributed by atoms with Crippen LogP contribution < -0.4 is 0 Å². The fourth-order valence-corrected chi connectivity index (χ4v) is 3.48. The van der Waals surface area contributed by atoms with Crippen LogP contribution in [0.15, 0.2) is 59.1 Å². The molecule has 3 nitrogen and oxygen atoms in total. The number of halogens is 1. The van der Waals surface area contributed by atoms with Gasteiger partial charge >= 0.3 is 5.97 Å². The van der Waals surface area contributed by atoms with Crippen LogP contribution in [0.5, 0.6) is 0 Å². The zero-order chi connectivity index (χ0) is 17.3. The van der Waals surface area contributed by atoms with E-state index in [9.17, 15) is 4.79 Å². The molecule has 1 fully saturated rings. The van der Waals surface area contributed by atoms with Crippen LogP contribution in [0.3, 0.4) is 0 Å². The van der Waals surface area contributed by atoms with Gasteiger partial charge < -0.3 is 4.74 Å². The van der Waals surface area contributed by atoms with Gasteiger partial charge in [0.1, 0.15) is 11.6 Å². The van der Waals surface area contributed by atoms with Gasteiger partial charge in [-0.15, -0.1) is 0 Å². The Morgan fingerprint density at radius 2 is 1.71 bits per heavy atom. The maximum Gasteiger partial charge on any atom is 0.325 e. The Balaban J connectivity index is 1.84. The van der Waals surface area contributed by atoms with Crippen LogP contribution in [0.1, 0.15) is 37.9 Å². The molecule has 0 spiro atoms. The van der Waals surface area contributed by atoms with Crippen molar-refractivity contribution in [3.8, 4) is 0 Å². The van der Waals surface area contributed by atoms with E-state index in [4.69, 9.17) is 4.74 Å². The summed E-state index contributed by atoms with van der Waals surface area (Å²) in [4.78, 5) is 14.8. The van der Waals surface area contributed by atoms with Gasteiger partial charge in [-0.3, -0.25) is 9.69 Å². The van der Waals surface area contributed by atoms with Crippen molar-refractivity contribution in [2.45, 2.75) is 45.0 Å². The van der Waals surface area contributed by atoms with E-state index < -0.39 is 5.60 Å². The smallest absolute Gasteiger partial charge is 0.325 e. The van der Waals surface area contributed by atoms with Gasteiger partial charge in [-0.25, -0.2) is 0 Å². The Labute approximate surface area is 151 Å². The minimum absolute atomic E-state index is 0.0515. The largest absolute Gasteiger partial charge is 0.459 e. The number of benzene rings is 2. The lowest BCUT2D eigenvalue weighted by Crippen LogP contribution is -2.28. The first kappa shape index (κ1) is 17.2. The lowest BCUT2D eigenvalue weighted by molar-refractivity contribution is -0.155. The second kappa shape index (κ2) is 6.69. The summed E-state index contributed by atoms with van der Waals surface area (Å²) >= 11 is 3.61. The SMILES string of the molecule is CC(C)(C)OC(=O)C1C(c2ccccc2Br)N1Cc1ccccc1. The van der Waals surface area contributed by atoms with E-state index in [1.807, 2.05) is 57.2 Å². The van der Waals surface area contributed by atoms with E-state index >= 15 is 0 Å². The second-order valence-corrected chi connectivity index (χ2v) is 7.96. The van der Waals surface area contributed by atoms with Crippen molar-refractivity contribution in [2.75, 3.05) is 0 Å². The minimum Gasteiger partial charge on any atom is -0.459 e. The molecule has 0 bridgehead atoms. The van der Waals surface area contributed by atoms with Gasteiger partial charge in [0, 0.05) is 11.0 Å². The van der Waals surface area contributed by atoms with Crippen LogP contribution in [-0.2, 0) is 16.1 Å². The lowest BCUT2D eigenvalue weighted by atomic mass is 10.1. The number of carbonyl (C=O) groups is 1. The fraction of sp³-hybridized carbons (Fsp3) is 0.350. The number of carbonyl (C=O) groups excluding carboxylic acids is 1. The van der Waals surface area contributed by atoms with Crippen molar-refractivity contribution in [2.24, 2.45) is 0 Å². The molecule has 1 saturated heterocycles. The highest BCUT2D eigenvalue weighted by molar-refractivity contribution is 9.10. The van der Waals surface area contributed by atoms with Crippen molar-refractivity contribution >= 4 is 21.9 Å². The third-order valence-corrected chi connectivity index (χ3v) is 4.73. The van der Waals surface area contributed by atoms with E-state index in [0.29, 0.717) is 0 Å². The fourth-order valence-electron chi connectivity index (χ4n) is 2.96. The van der Waals surface area contributed by atoms with Crippen LogP contribution in [-0.4, -0.2) is 22.5 Å². The monoisotopic (exact) mass is 387 g/mol. The molecule has 4 heteroatoms. The Morgan fingerprint density at radius 1 is 1.08 bits per heavy atom. The molecule has 126 valence electrons. The van der Waals surface area contributed by atoms with Crippen LogP contribution >= 0.6 is 15.9 Å². The first-order valence-corrected chi connectivity index (χ1v) is 8.93. The molecule has 0 amide bonds. The molecule has 0 saturated carbocycles. The Kier molecular flexibility index (Phi) is 4.79. The van der Waals surface area contributed by atoms with E-state index in [0.717, 1.165) is 16.6 Å². The van der Waals surface area contributed by atoms with Gasteiger partial charge in [-0.2, -0.15) is 0 Å². The van der Waals surface area contributed by atoms with E-state index in [2.05, 4.69) is 39.0 Å². The average molecular weight is 388 g/mol. The van der Waals surface area contributed by atoms with Crippen molar-refractivity contribution in [1.82, 2.24) is 4.90 Å². The topological polar surface area (TPSA) is 29.3 Å². The number of nitrogens with zero attached hydrogens (tertiary/aromatic N) is 1. The predicted molar refractivity (Wildman–Crippen MR) is 98.5 cm³/mol. The summed E-state index contributed by atoms with van der Waals surface area (Å²) in [5.74, 6) is -0.154. The Hall–Kier alpha value is -1.65. The Morgan fingerprint density at radius 3 is 2.33 bits per heavy atom. The highest BCUT2D eigenvalue weighted by atomic mass is 79.9. The maximum absolute atomic E-state index is 12.6. The van der Waals surface area contributed by atoms with Crippen LogP contribution in [0.4, 0.5) is 0 Å². The molecular formula is C20H22BrNO2. The molecule has 0 aliphatic carbocycles. The van der Waals surface area contributed by atoms with E-state index in [1.54, 1.807) is 0 Å². The summed E-state index contributed by atoms with van der Waals surface area (Å²) in [6.07, 6.45) is 0. The van der Waals surface area contributed by atoms with Crippen LogP contribution in [0, 0.1) is 0 Å². The number of ether oxygens (including phenoxy) is 1. The van der Waals surface area contributed by atoms with Crippen molar-refractivity contribution in [3.63, 3.8) is 0 Å².